The molecule has 0 spiro atoms. The molecule has 5 nitrogen and oxygen atoms in total. The van der Waals surface area contributed by atoms with Crippen LogP contribution >= 0.6 is 0 Å². The molecule has 0 aliphatic carbocycles. The van der Waals surface area contributed by atoms with E-state index in [9.17, 15) is 10.5 Å². The van der Waals surface area contributed by atoms with Gasteiger partial charge in [0.1, 0.15) is 0 Å². The van der Waals surface area contributed by atoms with Gasteiger partial charge >= 0.3 is 0 Å². The predicted molar refractivity (Wildman–Crippen MR) is 199 cm³/mol. The second-order valence-electron chi connectivity index (χ2n) is 11.9. The van der Waals surface area contributed by atoms with Crippen LogP contribution in [0.2, 0.25) is 0 Å². The van der Waals surface area contributed by atoms with Crippen LogP contribution in [0.5, 0.6) is 0 Å². The number of hydrogen-bond acceptors (Lipinski definition) is 5. The molecule has 0 unspecified atom stereocenters. The minimum absolute atomic E-state index is 0.558. The summed E-state index contributed by atoms with van der Waals surface area (Å²) >= 11 is 0. The van der Waals surface area contributed by atoms with Gasteiger partial charge in [0.15, 0.2) is 17.5 Å². The lowest BCUT2D eigenvalue weighted by atomic mass is 9.89. The Morgan fingerprint density at radius 2 is 0.760 bits per heavy atom. The van der Waals surface area contributed by atoms with Crippen LogP contribution < -0.4 is 0 Å². The van der Waals surface area contributed by atoms with E-state index in [1.54, 1.807) is 6.07 Å². The number of hydrogen-bond donors (Lipinski definition) is 0. The maximum Gasteiger partial charge on any atom is 0.164 e. The Hall–Kier alpha value is -7.21. The summed E-state index contributed by atoms with van der Waals surface area (Å²) in [4.78, 5) is 14.7. The van der Waals surface area contributed by atoms with E-state index in [2.05, 4.69) is 54.6 Å². The molecular weight excluding hydrogens is 611 g/mol. The first-order valence-corrected chi connectivity index (χ1v) is 16.2. The third kappa shape index (κ3) is 5.88. The minimum Gasteiger partial charge on any atom is -0.208 e. The van der Waals surface area contributed by atoms with Gasteiger partial charge in [-0.25, -0.2) is 15.0 Å². The fourth-order valence-corrected chi connectivity index (χ4v) is 6.35. The molecule has 0 fully saturated rings. The van der Waals surface area contributed by atoms with Crippen LogP contribution in [0.15, 0.2) is 164 Å². The van der Waals surface area contributed by atoms with Crippen molar-refractivity contribution in [2.45, 2.75) is 0 Å². The Bertz CT molecular complexity index is 2560. The van der Waals surface area contributed by atoms with Crippen LogP contribution in [-0.2, 0) is 0 Å². The third-order valence-corrected chi connectivity index (χ3v) is 8.75. The van der Waals surface area contributed by atoms with Gasteiger partial charge in [-0.3, -0.25) is 0 Å². The van der Waals surface area contributed by atoms with Crippen LogP contribution in [-0.4, -0.2) is 15.0 Å². The summed E-state index contributed by atoms with van der Waals surface area (Å²) in [5.74, 6) is 1.84. The third-order valence-electron chi connectivity index (χ3n) is 8.75. The van der Waals surface area contributed by atoms with Gasteiger partial charge in [-0.15, -0.1) is 0 Å². The van der Waals surface area contributed by atoms with Crippen molar-refractivity contribution >= 4 is 10.8 Å². The Morgan fingerprint density at radius 1 is 0.320 bits per heavy atom. The molecule has 50 heavy (non-hydrogen) atoms. The normalized spacial score (nSPS) is 10.8. The molecule has 0 aliphatic rings. The summed E-state index contributed by atoms with van der Waals surface area (Å²) in [6.07, 6.45) is 0. The van der Waals surface area contributed by atoms with Crippen LogP contribution in [0.25, 0.3) is 78.3 Å². The van der Waals surface area contributed by atoms with Gasteiger partial charge in [0.2, 0.25) is 0 Å². The van der Waals surface area contributed by atoms with Gasteiger partial charge in [-0.2, -0.15) is 10.5 Å². The molecule has 1 heterocycles. The van der Waals surface area contributed by atoms with Gasteiger partial charge in [0.05, 0.1) is 23.3 Å². The van der Waals surface area contributed by atoms with Gasteiger partial charge in [-0.1, -0.05) is 127 Å². The second kappa shape index (κ2) is 13.1. The van der Waals surface area contributed by atoms with E-state index in [1.165, 1.54) is 0 Å². The topological polar surface area (TPSA) is 86.2 Å². The number of benzene rings is 7. The molecule has 0 N–H and O–H groups in total. The summed E-state index contributed by atoms with van der Waals surface area (Å²) in [5.41, 5.74) is 9.72. The lowest BCUT2D eigenvalue weighted by Gasteiger charge is -2.14. The molecule has 0 radical (unpaired) electrons. The van der Waals surface area contributed by atoms with Crippen molar-refractivity contribution in [2.24, 2.45) is 0 Å². The highest BCUT2D eigenvalue weighted by Crippen LogP contribution is 2.38. The van der Waals surface area contributed by atoms with E-state index in [-0.39, 0.29) is 0 Å². The van der Waals surface area contributed by atoms with Crippen LogP contribution in [0, 0.1) is 22.7 Å². The monoisotopic (exact) mass is 637 g/mol. The molecule has 8 aromatic rings. The first kappa shape index (κ1) is 30.1. The fourth-order valence-electron chi connectivity index (χ4n) is 6.35. The Balaban J connectivity index is 1.24. The van der Waals surface area contributed by atoms with Crippen molar-refractivity contribution in [1.82, 2.24) is 15.0 Å². The molecule has 232 valence electrons. The molecule has 0 saturated carbocycles. The van der Waals surface area contributed by atoms with Gasteiger partial charge < -0.3 is 0 Å². The molecule has 0 aliphatic heterocycles. The average molecular weight is 638 g/mol. The molecule has 0 bridgehead atoms. The predicted octanol–water partition coefficient (Wildman–Crippen LogP) is 10.8. The smallest absolute Gasteiger partial charge is 0.164 e. The maximum absolute atomic E-state index is 9.95. The Labute approximate surface area is 290 Å². The largest absolute Gasteiger partial charge is 0.208 e. The van der Waals surface area contributed by atoms with E-state index in [0.717, 1.165) is 60.8 Å². The maximum atomic E-state index is 9.95. The molecular formula is C45H27N5. The molecule has 1 aromatic heterocycles. The molecule has 7 aromatic carbocycles. The van der Waals surface area contributed by atoms with Crippen molar-refractivity contribution < 1.29 is 0 Å². The van der Waals surface area contributed by atoms with Crippen molar-refractivity contribution in [3.63, 3.8) is 0 Å². The Kier molecular flexibility index (Phi) is 7.91. The van der Waals surface area contributed by atoms with E-state index in [1.807, 2.05) is 115 Å². The van der Waals surface area contributed by atoms with Crippen LogP contribution in [0.1, 0.15) is 11.1 Å². The van der Waals surface area contributed by atoms with Crippen LogP contribution in [0.3, 0.4) is 0 Å². The molecule has 5 heteroatoms. The minimum atomic E-state index is 0.558. The van der Waals surface area contributed by atoms with E-state index in [0.29, 0.717) is 28.6 Å². The molecule has 0 atom stereocenters. The van der Waals surface area contributed by atoms with E-state index >= 15 is 0 Å². The van der Waals surface area contributed by atoms with Gasteiger partial charge in [0.25, 0.3) is 0 Å². The van der Waals surface area contributed by atoms with Crippen molar-refractivity contribution in [3.8, 4) is 79.7 Å². The molecule has 8 rings (SSSR count). The zero-order chi connectivity index (χ0) is 33.9. The highest BCUT2D eigenvalue weighted by atomic mass is 15.0. The zero-order valence-electron chi connectivity index (χ0n) is 26.8. The summed E-state index contributed by atoms with van der Waals surface area (Å²) in [7, 11) is 0. The van der Waals surface area contributed by atoms with Crippen molar-refractivity contribution in [1.29, 1.82) is 10.5 Å². The van der Waals surface area contributed by atoms with Gasteiger partial charge in [-0.05, 0) is 80.6 Å². The van der Waals surface area contributed by atoms with Crippen LogP contribution in [0.4, 0.5) is 0 Å². The Morgan fingerprint density at radius 3 is 1.38 bits per heavy atom. The standard InChI is InChI=1S/C45H27N5/c46-28-30-11-9-16-34(23-30)37-24-31(29-47)25-38(27-37)40-22-21-39(41-19-7-8-20-42(40)41)35-17-10-18-36(26-35)45-49-43(32-12-3-1-4-13-32)48-44(50-45)33-14-5-2-6-15-33/h1-27H. The van der Waals surface area contributed by atoms with E-state index in [4.69, 9.17) is 15.0 Å². The first-order valence-electron chi connectivity index (χ1n) is 16.2. The summed E-state index contributed by atoms with van der Waals surface area (Å²) in [5, 5.41) is 21.6. The van der Waals surface area contributed by atoms with E-state index < -0.39 is 0 Å². The summed E-state index contributed by atoms with van der Waals surface area (Å²) in [6, 6.07) is 58.8. The zero-order valence-corrected chi connectivity index (χ0v) is 26.8. The summed E-state index contributed by atoms with van der Waals surface area (Å²) < 4.78 is 0. The highest BCUT2D eigenvalue weighted by Gasteiger charge is 2.15. The molecule has 0 saturated heterocycles. The number of fused-ring (bicyclic) bond motifs is 1. The number of nitrogens with zero attached hydrogens (tertiary/aromatic N) is 5. The number of nitriles is 2. The SMILES string of the molecule is N#Cc1cccc(-c2cc(C#N)cc(-c3ccc(-c4cccc(-c5nc(-c6ccccc6)nc(-c6ccccc6)n5)c4)c4ccccc34)c2)c1. The van der Waals surface area contributed by atoms with Gasteiger partial charge in [0, 0.05) is 16.7 Å². The first-order chi connectivity index (χ1) is 24.7. The lowest BCUT2D eigenvalue weighted by Crippen LogP contribution is -2.00. The number of aromatic nitrogens is 3. The molecule has 0 amide bonds. The highest BCUT2D eigenvalue weighted by molar-refractivity contribution is 6.05. The van der Waals surface area contributed by atoms with Crippen molar-refractivity contribution in [2.75, 3.05) is 0 Å². The summed E-state index contributed by atoms with van der Waals surface area (Å²) in [6.45, 7) is 0. The quantitative estimate of drug-likeness (QED) is 0.181. The second-order valence-corrected chi connectivity index (χ2v) is 11.9. The number of rotatable bonds is 6. The van der Waals surface area contributed by atoms with Crippen molar-refractivity contribution in [3.05, 3.63) is 175 Å². The lowest BCUT2D eigenvalue weighted by molar-refractivity contribution is 1.07. The average Bonchev–Trinajstić information content (AvgIpc) is 3.20. The fraction of sp³-hybridized carbons (Fsp3) is 0.